The van der Waals surface area contributed by atoms with Gasteiger partial charge < -0.3 is 30.3 Å². The molecule has 2 aliphatic rings. The monoisotopic (exact) mass is 610 g/mol. The predicted octanol–water partition coefficient (Wildman–Crippen LogP) is 3.57. The van der Waals surface area contributed by atoms with Crippen molar-refractivity contribution in [2.24, 2.45) is 5.92 Å². The van der Waals surface area contributed by atoms with Crippen molar-refractivity contribution in [1.29, 1.82) is 0 Å². The number of amides is 4. The van der Waals surface area contributed by atoms with Crippen LogP contribution in [-0.4, -0.2) is 83.3 Å². The number of aryl methyl sites for hydroxylation is 1. The minimum Gasteiger partial charge on any atom is -0.344 e. The summed E-state index contributed by atoms with van der Waals surface area (Å²) in [4.78, 5) is 56.3. The summed E-state index contributed by atoms with van der Waals surface area (Å²) >= 11 is 0. The van der Waals surface area contributed by atoms with Crippen LogP contribution in [0.15, 0.2) is 36.5 Å². The van der Waals surface area contributed by atoms with Gasteiger partial charge in [-0.1, -0.05) is 38.7 Å². The number of hydrogen-bond acceptors (Lipinski definition) is 5. The Hall–Kier alpha value is -3.73. The number of piperazine rings is 1. The second kappa shape index (κ2) is 15.8. The largest absolute Gasteiger partial charge is 0.344 e. The third-order valence-corrected chi connectivity index (χ3v) is 8.84. The lowest BCUT2D eigenvalue weighted by Crippen LogP contribution is -2.54. The summed E-state index contributed by atoms with van der Waals surface area (Å²) in [5.74, 6) is -1.92. The molecule has 0 radical (unpaired) electrons. The molecule has 1 saturated heterocycles. The highest BCUT2D eigenvalue weighted by Crippen LogP contribution is 2.27. The van der Waals surface area contributed by atoms with Crippen LogP contribution in [0.1, 0.15) is 74.8 Å². The van der Waals surface area contributed by atoms with Gasteiger partial charge in [0, 0.05) is 51.8 Å². The molecule has 0 unspecified atom stereocenters. The SMILES string of the molecule is CCC(=O)N[C@H](Cc1ccc(NC(=O)[C@@H](NC(=O)c2cccn2CC)C2CCCCCC2)c(F)c1)C(=O)N1CCN(C)CC1. The molecule has 1 aromatic heterocycles. The fourth-order valence-corrected chi connectivity index (χ4v) is 6.13. The van der Waals surface area contributed by atoms with Gasteiger partial charge in [0.15, 0.2) is 0 Å². The van der Waals surface area contributed by atoms with Crippen LogP contribution in [0.3, 0.4) is 0 Å². The van der Waals surface area contributed by atoms with Crippen LogP contribution in [0.25, 0.3) is 0 Å². The lowest BCUT2D eigenvalue weighted by Gasteiger charge is -2.34. The number of rotatable bonds is 11. The van der Waals surface area contributed by atoms with Crippen molar-refractivity contribution < 1.29 is 23.6 Å². The van der Waals surface area contributed by atoms with E-state index in [0.717, 1.165) is 51.6 Å². The van der Waals surface area contributed by atoms with Crippen molar-refractivity contribution in [2.45, 2.75) is 83.8 Å². The van der Waals surface area contributed by atoms with Gasteiger partial charge in [0.25, 0.3) is 5.91 Å². The molecule has 1 saturated carbocycles. The number of nitrogens with one attached hydrogen (secondary N) is 3. The van der Waals surface area contributed by atoms with E-state index in [1.165, 1.54) is 12.1 Å². The maximum Gasteiger partial charge on any atom is 0.268 e. The quantitative estimate of drug-likeness (QED) is 0.337. The maximum atomic E-state index is 15.4. The molecular formula is C33H47FN6O4. The Balaban J connectivity index is 1.48. The van der Waals surface area contributed by atoms with Gasteiger partial charge in [-0.05, 0) is 62.6 Å². The number of carbonyl (C=O) groups excluding carboxylic acids is 4. The molecular weight excluding hydrogens is 563 g/mol. The Morgan fingerprint density at radius 2 is 1.66 bits per heavy atom. The summed E-state index contributed by atoms with van der Waals surface area (Å²) in [5, 5.41) is 8.49. The van der Waals surface area contributed by atoms with Gasteiger partial charge in [-0.25, -0.2) is 4.39 Å². The van der Waals surface area contributed by atoms with Crippen LogP contribution in [0.5, 0.6) is 0 Å². The van der Waals surface area contributed by atoms with Gasteiger partial charge in [0.1, 0.15) is 23.6 Å². The zero-order valence-electron chi connectivity index (χ0n) is 26.2. The Labute approximate surface area is 259 Å². The van der Waals surface area contributed by atoms with Gasteiger partial charge in [0.2, 0.25) is 17.7 Å². The van der Waals surface area contributed by atoms with Gasteiger partial charge in [-0.15, -0.1) is 0 Å². The molecule has 4 amide bonds. The van der Waals surface area contributed by atoms with Crippen molar-refractivity contribution >= 4 is 29.3 Å². The van der Waals surface area contributed by atoms with Crippen LogP contribution in [0.4, 0.5) is 10.1 Å². The van der Waals surface area contributed by atoms with E-state index in [1.807, 2.05) is 24.7 Å². The lowest BCUT2D eigenvalue weighted by atomic mass is 9.91. The highest BCUT2D eigenvalue weighted by atomic mass is 19.1. The number of anilines is 1. The number of likely N-dealkylation sites (N-methyl/N-ethyl adjacent to an activating group) is 1. The molecule has 3 N–H and O–H groups in total. The minimum atomic E-state index is -0.817. The summed E-state index contributed by atoms with van der Waals surface area (Å²) in [7, 11) is 2.00. The van der Waals surface area contributed by atoms with Crippen molar-refractivity contribution in [3.05, 3.63) is 53.6 Å². The normalized spacial score (nSPS) is 17.8. The van der Waals surface area contributed by atoms with E-state index in [0.29, 0.717) is 30.9 Å². The number of benzene rings is 1. The molecule has 11 heteroatoms. The van der Waals surface area contributed by atoms with Crippen molar-refractivity contribution in [2.75, 3.05) is 38.5 Å². The van der Waals surface area contributed by atoms with Gasteiger partial charge >= 0.3 is 0 Å². The van der Waals surface area contributed by atoms with E-state index in [-0.39, 0.29) is 42.2 Å². The Morgan fingerprint density at radius 3 is 2.30 bits per heavy atom. The summed E-state index contributed by atoms with van der Waals surface area (Å²) in [5.41, 5.74) is 1.01. The smallest absolute Gasteiger partial charge is 0.268 e. The average Bonchev–Trinajstić information content (AvgIpc) is 3.35. The Bertz CT molecular complexity index is 1300. The van der Waals surface area contributed by atoms with E-state index in [4.69, 9.17) is 0 Å². The zero-order chi connectivity index (χ0) is 31.6. The average molecular weight is 611 g/mol. The Morgan fingerprint density at radius 1 is 0.955 bits per heavy atom. The van der Waals surface area contributed by atoms with E-state index in [1.54, 1.807) is 30.0 Å². The minimum absolute atomic E-state index is 0.00286. The first kappa shape index (κ1) is 33.2. The zero-order valence-corrected chi connectivity index (χ0v) is 26.2. The van der Waals surface area contributed by atoms with Crippen LogP contribution >= 0.6 is 0 Å². The standard InChI is InChI=1S/C33H47FN6O4/c1-4-29(41)35-27(33(44)40-19-17-38(3)18-20-40)22-23-14-15-26(25(34)21-23)36-32(43)30(24-11-8-6-7-9-12-24)37-31(42)28-13-10-16-39(28)5-2/h10,13-16,21,24,27,30H,4-9,11-12,17-20,22H2,1-3H3,(H,35,41)(H,36,43)(H,37,42)/t27-,30+/m1/s1. The second-order valence-electron chi connectivity index (χ2n) is 12.0. The molecule has 2 fully saturated rings. The van der Waals surface area contributed by atoms with Crippen LogP contribution in [0, 0.1) is 11.7 Å². The summed E-state index contributed by atoms with van der Waals surface area (Å²) in [6, 6.07) is 6.34. The predicted molar refractivity (Wildman–Crippen MR) is 168 cm³/mol. The van der Waals surface area contributed by atoms with Gasteiger partial charge in [0.05, 0.1) is 5.69 Å². The van der Waals surface area contributed by atoms with Crippen molar-refractivity contribution in [3.63, 3.8) is 0 Å². The molecule has 2 aromatic rings. The maximum absolute atomic E-state index is 15.4. The first-order valence-electron chi connectivity index (χ1n) is 16.0. The third-order valence-electron chi connectivity index (χ3n) is 8.84. The number of aromatic nitrogens is 1. The molecule has 1 aliphatic carbocycles. The Kier molecular flexibility index (Phi) is 11.9. The summed E-state index contributed by atoms with van der Waals surface area (Å²) in [6.07, 6.45) is 7.91. The third kappa shape index (κ3) is 8.68. The molecule has 1 aromatic carbocycles. The number of hydrogen-bond donors (Lipinski definition) is 3. The lowest BCUT2D eigenvalue weighted by molar-refractivity contribution is -0.137. The van der Waals surface area contributed by atoms with E-state index >= 15 is 4.39 Å². The van der Waals surface area contributed by atoms with Crippen molar-refractivity contribution in [3.8, 4) is 0 Å². The van der Waals surface area contributed by atoms with E-state index < -0.39 is 23.8 Å². The molecule has 2 heterocycles. The topological polar surface area (TPSA) is 116 Å². The highest BCUT2D eigenvalue weighted by molar-refractivity contribution is 6.01. The van der Waals surface area contributed by atoms with Gasteiger partial charge in [-0.2, -0.15) is 0 Å². The summed E-state index contributed by atoms with van der Waals surface area (Å²) in [6.45, 7) is 6.91. The molecule has 4 rings (SSSR count). The van der Waals surface area contributed by atoms with Crippen LogP contribution in [-0.2, 0) is 27.3 Å². The fourth-order valence-electron chi connectivity index (χ4n) is 6.13. The number of carbonyl (C=O) groups is 4. The molecule has 240 valence electrons. The van der Waals surface area contributed by atoms with Crippen LogP contribution in [0.2, 0.25) is 0 Å². The first-order valence-corrected chi connectivity index (χ1v) is 16.0. The first-order chi connectivity index (χ1) is 21.2. The molecule has 44 heavy (non-hydrogen) atoms. The number of nitrogens with zero attached hydrogens (tertiary/aromatic N) is 3. The van der Waals surface area contributed by atoms with Crippen LogP contribution < -0.4 is 16.0 Å². The van der Waals surface area contributed by atoms with E-state index in [9.17, 15) is 19.2 Å². The molecule has 0 bridgehead atoms. The van der Waals surface area contributed by atoms with Gasteiger partial charge in [-0.3, -0.25) is 19.2 Å². The number of halogens is 1. The molecule has 1 aliphatic heterocycles. The highest BCUT2D eigenvalue weighted by Gasteiger charge is 2.32. The fraction of sp³-hybridized carbons (Fsp3) is 0.576. The van der Waals surface area contributed by atoms with E-state index in [2.05, 4.69) is 20.9 Å². The van der Waals surface area contributed by atoms with Crippen molar-refractivity contribution in [1.82, 2.24) is 25.0 Å². The molecule has 2 atom stereocenters. The molecule has 10 nitrogen and oxygen atoms in total. The summed E-state index contributed by atoms with van der Waals surface area (Å²) < 4.78 is 17.3. The second-order valence-corrected chi connectivity index (χ2v) is 12.0. The molecule has 0 spiro atoms.